The zero-order valence-electron chi connectivity index (χ0n) is 10.6. The highest BCUT2D eigenvalue weighted by atomic mass is 16.6. The molecule has 1 aliphatic carbocycles. The Kier molecular flexibility index (Phi) is 6.47. The summed E-state index contributed by atoms with van der Waals surface area (Å²) in [6, 6.07) is 0. The van der Waals surface area contributed by atoms with Crippen molar-refractivity contribution < 1.29 is 19.0 Å². The van der Waals surface area contributed by atoms with Crippen LogP contribution in [0.1, 0.15) is 25.7 Å². The molecule has 1 fully saturated rings. The monoisotopic (exact) mass is 245 g/mol. The van der Waals surface area contributed by atoms with Gasteiger partial charge in [-0.05, 0) is 12.8 Å². The maximum Gasteiger partial charge on any atom is 0.313 e. The van der Waals surface area contributed by atoms with Gasteiger partial charge in [-0.1, -0.05) is 12.8 Å². The molecule has 0 atom stereocenters. The average molecular weight is 245 g/mol. The summed E-state index contributed by atoms with van der Waals surface area (Å²) in [6.45, 7) is 2.17. The fraction of sp³-hybridized carbons (Fsp3) is 0.917. The minimum atomic E-state index is -0.424. The van der Waals surface area contributed by atoms with Crippen molar-refractivity contribution >= 4 is 5.97 Å². The summed E-state index contributed by atoms with van der Waals surface area (Å²) in [5.41, 5.74) is 5.27. The molecule has 0 unspecified atom stereocenters. The van der Waals surface area contributed by atoms with Crippen LogP contribution >= 0.6 is 0 Å². The van der Waals surface area contributed by atoms with Crippen LogP contribution in [0.3, 0.4) is 0 Å². The molecule has 0 bridgehead atoms. The van der Waals surface area contributed by atoms with Gasteiger partial charge in [-0.2, -0.15) is 0 Å². The Labute approximate surface area is 103 Å². The zero-order valence-corrected chi connectivity index (χ0v) is 10.6. The third-order valence-corrected chi connectivity index (χ3v) is 3.28. The Bertz CT molecular complexity index is 227. The number of carbonyl (C=O) groups is 1. The molecule has 0 spiro atoms. The Hall–Kier alpha value is -0.650. The quantitative estimate of drug-likeness (QED) is 0.504. The van der Waals surface area contributed by atoms with E-state index in [0.717, 1.165) is 25.7 Å². The lowest BCUT2D eigenvalue weighted by molar-refractivity contribution is -0.156. The highest BCUT2D eigenvalue weighted by molar-refractivity contribution is 5.77. The van der Waals surface area contributed by atoms with Crippen molar-refractivity contribution in [2.24, 2.45) is 11.1 Å². The summed E-state index contributed by atoms with van der Waals surface area (Å²) >= 11 is 0. The predicted molar refractivity (Wildman–Crippen MR) is 63.6 cm³/mol. The molecule has 0 aromatic heterocycles. The number of esters is 1. The average Bonchev–Trinajstić information content (AvgIpc) is 2.83. The maximum absolute atomic E-state index is 11.9. The van der Waals surface area contributed by atoms with Crippen LogP contribution < -0.4 is 5.73 Å². The molecule has 0 aliphatic heterocycles. The lowest BCUT2D eigenvalue weighted by Gasteiger charge is -2.24. The van der Waals surface area contributed by atoms with E-state index in [4.69, 9.17) is 19.9 Å². The van der Waals surface area contributed by atoms with E-state index in [1.165, 1.54) is 0 Å². The molecule has 2 N–H and O–H groups in total. The smallest absolute Gasteiger partial charge is 0.313 e. The Morgan fingerprint density at radius 2 is 1.82 bits per heavy atom. The summed E-state index contributed by atoms with van der Waals surface area (Å²) in [4.78, 5) is 11.9. The fourth-order valence-electron chi connectivity index (χ4n) is 2.13. The Balaban J connectivity index is 2.15. The molecule has 1 aliphatic rings. The van der Waals surface area contributed by atoms with Gasteiger partial charge in [-0.15, -0.1) is 0 Å². The SMILES string of the molecule is COCCOCCOC(=O)C1(CN)CCCC1. The van der Waals surface area contributed by atoms with Crippen LogP contribution in [0.2, 0.25) is 0 Å². The molecule has 1 rings (SSSR count). The number of nitrogens with two attached hydrogens (primary N) is 1. The van der Waals surface area contributed by atoms with Crippen molar-refractivity contribution in [3.05, 3.63) is 0 Å². The second kappa shape index (κ2) is 7.63. The molecule has 0 aromatic rings. The van der Waals surface area contributed by atoms with Crippen molar-refractivity contribution in [2.45, 2.75) is 25.7 Å². The van der Waals surface area contributed by atoms with E-state index in [0.29, 0.717) is 33.0 Å². The highest BCUT2D eigenvalue weighted by Gasteiger charge is 2.41. The summed E-state index contributed by atoms with van der Waals surface area (Å²) < 4.78 is 15.3. The lowest BCUT2D eigenvalue weighted by atomic mass is 9.86. The standard InChI is InChI=1S/C12H23NO4/c1-15-6-7-16-8-9-17-11(14)12(10-13)4-2-3-5-12/h2-10,13H2,1H3. The first-order chi connectivity index (χ1) is 8.25. The van der Waals surface area contributed by atoms with E-state index >= 15 is 0 Å². The molecule has 1 saturated carbocycles. The van der Waals surface area contributed by atoms with Crippen molar-refractivity contribution in [1.82, 2.24) is 0 Å². The predicted octanol–water partition coefficient (Wildman–Crippen LogP) is 0.712. The molecular weight excluding hydrogens is 222 g/mol. The zero-order chi connectivity index (χ0) is 12.6. The van der Waals surface area contributed by atoms with E-state index in [9.17, 15) is 4.79 Å². The number of ether oxygens (including phenoxy) is 3. The van der Waals surface area contributed by atoms with Gasteiger partial charge in [0.1, 0.15) is 6.61 Å². The van der Waals surface area contributed by atoms with Gasteiger partial charge in [0.05, 0.1) is 25.2 Å². The molecular formula is C12H23NO4. The Morgan fingerprint density at radius 3 is 2.41 bits per heavy atom. The third kappa shape index (κ3) is 4.26. The van der Waals surface area contributed by atoms with Crippen molar-refractivity contribution in [3.8, 4) is 0 Å². The maximum atomic E-state index is 11.9. The molecule has 17 heavy (non-hydrogen) atoms. The van der Waals surface area contributed by atoms with E-state index in [1.807, 2.05) is 0 Å². The van der Waals surface area contributed by atoms with Crippen LogP contribution in [-0.2, 0) is 19.0 Å². The lowest BCUT2D eigenvalue weighted by Crippen LogP contribution is -2.38. The summed E-state index contributed by atoms with van der Waals surface area (Å²) in [6.07, 6.45) is 3.84. The second-order valence-electron chi connectivity index (χ2n) is 4.43. The third-order valence-electron chi connectivity index (χ3n) is 3.28. The number of methoxy groups -OCH3 is 1. The number of carbonyl (C=O) groups excluding carboxylic acids is 1. The van der Waals surface area contributed by atoms with Crippen molar-refractivity contribution in [3.63, 3.8) is 0 Å². The number of hydrogen-bond acceptors (Lipinski definition) is 5. The first-order valence-corrected chi connectivity index (χ1v) is 6.19. The molecule has 0 radical (unpaired) electrons. The number of hydrogen-bond donors (Lipinski definition) is 1. The van der Waals surface area contributed by atoms with E-state index in [1.54, 1.807) is 7.11 Å². The minimum Gasteiger partial charge on any atom is -0.463 e. The van der Waals surface area contributed by atoms with Crippen molar-refractivity contribution in [2.75, 3.05) is 40.1 Å². The van der Waals surface area contributed by atoms with Gasteiger partial charge >= 0.3 is 5.97 Å². The van der Waals surface area contributed by atoms with Crippen LogP contribution in [-0.4, -0.2) is 46.1 Å². The minimum absolute atomic E-state index is 0.159. The van der Waals surface area contributed by atoms with Crippen molar-refractivity contribution in [1.29, 1.82) is 0 Å². The van der Waals surface area contributed by atoms with Crippen LogP contribution in [0.4, 0.5) is 0 Å². The van der Waals surface area contributed by atoms with Crippen LogP contribution in [0.5, 0.6) is 0 Å². The first kappa shape index (κ1) is 14.4. The fourth-order valence-corrected chi connectivity index (χ4v) is 2.13. The summed E-state index contributed by atoms with van der Waals surface area (Å²) in [7, 11) is 1.62. The van der Waals surface area contributed by atoms with Gasteiger partial charge in [0, 0.05) is 13.7 Å². The van der Waals surface area contributed by atoms with E-state index < -0.39 is 5.41 Å². The van der Waals surface area contributed by atoms with Gasteiger partial charge in [0.15, 0.2) is 0 Å². The second-order valence-corrected chi connectivity index (χ2v) is 4.43. The van der Waals surface area contributed by atoms with Gasteiger partial charge < -0.3 is 19.9 Å². The first-order valence-electron chi connectivity index (χ1n) is 6.19. The highest BCUT2D eigenvalue weighted by Crippen LogP contribution is 2.38. The van der Waals surface area contributed by atoms with Crippen LogP contribution in [0, 0.1) is 5.41 Å². The number of rotatable bonds is 8. The van der Waals surface area contributed by atoms with Gasteiger partial charge in [0.25, 0.3) is 0 Å². The molecule has 0 amide bonds. The molecule has 100 valence electrons. The summed E-state index contributed by atoms with van der Waals surface area (Å²) in [5, 5.41) is 0. The summed E-state index contributed by atoms with van der Waals surface area (Å²) in [5.74, 6) is -0.159. The van der Waals surface area contributed by atoms with Gasteiger partial charge in [0.2, 0.25) is 0 Å². The molecule has 5 nitrogen and oxygen atoms in total. The normalized spacial score (nSPS) is 18.2. The van der Waals surface area contributed by atoms with E-state index in [2.05, 4.69) is 0 Å². The van der Waals surface area contributed by atoms with E-state index in [-0.39, 0.29) is 5.97 Å². The Morgan fingerprint density at radius 1 is 1.18 bits per heavy atom. The molecule has 0 saturated heterocycles. The van der Waals surface area contributed by atoms with Crippen LogP contribution in [0.15, 0.2) is 0 Å². The van der Waals surface area contributed by atoms with Crippen LogP contribution in [0.25, 0.3) is 0 Å². The topological polar surface area (TPSA) is 70.8 Å². The molecule has 0 aromatic carbocycles. The molecule has 5 heteroatoms. The van der Waals surface area contributed by atoms with Gasteiger partial charge in [-0.25, -0.2) is 0 Å². The largest absolute Gasteiger partial charge is 0.463 e. The molecule has 0 heterocycles. The van der Waals surface area contributed by atoms with Gasteiger partial charge in [-0.3, -0.25) is 4.79 Å².